The molecule has 2 aromatic carbocycles. The fraction of sp³-hybridized carbons (Fsp3) is 0.296. The van der Waals surface area contributed by atoms with Crippen LogP contribution in [-0.4, -0.2) is 23.9 Å². The fourth-order valence-electron chi connectivity index (χ4n) is 2.96. The van der Waals surface area contributed by atoms with Crippen LogP contribution in [0.4, 0.5) is 0 Å². The maximum Gasteiger partial charge on any atom is 0.308 e. The maximum atomic E-state index is 13.0. The van der Waals surface area contributed by atoms with Crippen LogP contribution in [0, 0.1) is 0 Å². The van der Waals surface area contributed by atoms with E-state index < -0.39 is 35.1 Å². The number of rotatable bonds is 5. The van der Waals surface area contributed by atoms with E-state index in [0.717, 1.165) is 27.7 Å². The van der Waals surface area contributed by atoms with Crippen LogP contribution in [0.5, 0.6) is 23.0 Å². The number of hydrogen-bond donors (Lipinski definition) is 0. The van der Waals surface area contributed by atoms with Gasteiger partial charge in [-0.2, -0.15) is 0 Å². The Balaban J connectivity index is 0.00000163. The van der Waals surface area contributed by atoms with Gasteiger partial charge in [0.15, 0.2) is 17.3 Å². The molecule has 3 rings (SSSR count). The van der Waals surface area contributed by atoms with Crippen LogP contribution in [0.25, 0.3) is 22.3 Å². The molecule has 0 fully saturated rings. The van der Waals surface area contributed by atoms with E-state index in [9.17, 15) is 24.0 Å². The molecule has 0 saturated carbocycles. The summed E-state index contributed by atoms with van der Waals surface area (Å²) in [6.07, 6.45) is 0. The molecule has 0 aliphatic heterocycles. The summed E-state index contributed by atoms with van der Waals surface area (Å²) in [5.74, 6) is -4.66. The number of carbonyl (C=O) groups excluding carboxylic acids is 4. The Morgan fingerprint density at radius 2 is 1.08 bits per heavy atom. The minimum atomic E-state index is -0.782. The van der Waals surface area contributed by atoms with Crippen molar-refractivity contribution in [2.24, 2.45) is 0 Å². The molecule has 0 amide bonds. The van der Waals surface area contributed by atoms with E-state index in [4.69, 9.17) is 23.4 Å². The monoisotopic (exact) mass is 514 g/mol. The molecule has 1 heterocycles. The molecule has 0 aliphatic carbocycles. The average molecular weight is 515 g/mol. The normalized spacial score (nSPS) is 9.62. The lowest BCUT2D eigenvalue weighted by Gasteiger charge is -2.16. The van der Waals surface area contributed by atoms with Crippen LogP contribution in [0.1, 0.15) is 55.4 Å². The van der Waals surface area contributed by atoms with Crippen molar-refractivity contribution in [3.05, 3.63) is 46.6 Å². The van der Waals surface area contributed by atoms with E-state index in [0.29, 0.717) is 0 Å². The Hall–Kier alpha value is -4.47. The van der Waals surface area contributed by atoms with Crippen LogP contribution in [-0.2, 0) is 19.2 Å². The second-order valence-corrected chi connectivity index (χ2v) is 6.76. The first-order valence-electron chi connectivity index (χ1n) is 11.5. The van der Waals surface area contributed by atoms with Gasteiger partial charge in [0.05, 0.1) is 5.39 Å². The zero-order valence-electron chi connectivity index (χ0n) is 22.0. The van der Waals surface area contributed by atoms with Gasteiger partial charge in [0.25, 0.3) is 0 Å². The first kappa shape index (κ1) is 30.6. The Kier molecular flexibility index (Phi) is 11.7. The SMILES string of the molecule is CC.CC.CC(=O)Oc1cc(-c2oc3ccccc3c(=O)c2OC(C)=O)cc(OC(C)=O)c1OC(C)=O. The molecule has 0 radical (unpaired) electrons. The molecule has 1 aromatic heterocycles. The third kappa shape index (κ3) is 8.03. The van der Waals surface area contributed by atoms with Crippen molar-refractivity contribution in [1.29, 1.82) is 0 Å². The van der Waals surface area contributed by atoms with Crippen LogP contribution in [0.3, 0.4) is 0 Å². The summed E-state index contributed by atoms with van der Waals surface area (Å²) >= 11 is 0. The first-order chi connectivity index (χ1) is 17.6. The molecule has 3 aromatic rings. The number of hydrogen-bond acceptors (Lipinski definition) is 10. The van der Waals surface area contributed by atoms with Gasteiger partial charge in [-0.1, -0.05) is 39.8 Å². The standard InChI is InChI=1S/C23H18O10.2C2H6/c1-11(24)29-18-9-15(10-19(30-12(2)25)22(18)31-13(3)26)21-23(32-14(4)27)20(28)16-7-5-6-8-17(16)33-21;2*1-2/h5-10H,1-4H3;2*1-2H3. The molecular weight excluding hydrogens is 484 g/mol. The number of fused-ring (bicyclic) bond motifs is 1. The molecule has 0 unspecified atom stereocenters. The zero-order chi connectivity index (χ0) is 28.3. The Morgan fingerprint density at radius 3 is 1.54 bits per heavy atom. The second-order valence-electron chi connectivity index (χ2n) is 6.76. The van der Waals surface area contributed by atoms with E-state index >= 15 is 0 Å². The van der Waals surface area contributed by atoms with Crippen LogP contribution < -0.4 is 24.4 Å². The predicted octanol–water partition coefficient (Wildman–Crippen LogP) is 5.21. The van der Waals surface area contributed by atoms with Crippen LogP contribution in [0.15, 0.2) is 45.6 Å². The van der Waals surface area contributed by atoms with Crippen molar-refractivity contribution in [1.82, 2.24) is 0 Å². The van der Waals surface area contributed by atoms with E-state index in [1.807, 2.05) is 27.7 Å². The number of para-hydroxylation sites is 1. The quantitative estimate of drug-likeness (QED) is 0.329. The highest BCUT2D eigenvalue weighted by molar-refractivity contribution is 5.86. The van der Waals surface area contributed by atoms with E-state index in [1.54, 1.807) is 12.1 Å². The summed E-state index contributed by atoms with van der Waals surface area (Å²) in [4.78, 5) is 59.6. The molecule has 198 valence electrons. The number of benzene rings is 2. The topological polar surface area (TPSA) is 135 Å². The Labute approximate surface area is 214 Å². The summed E-state index contributed by atoms with van der Waals surface area (Å²) in [6, 6.07) is 8.71. The van der Waals surface area contributed by atoms with Gasteiger partial charge in [0.2, 0.25) is 16.9 Å². The number of ether oxygens (including phenoxy) is 4. The molecule has 0 aliphatic rings. The van der Waals surface area contributed by atoms with Crippen molar-refractivity contribution >= 4 is 34.8 Å². The van der Waals surface area contributed by atoms with E-state index in [-0.39, 0.29) is 39.5 Å². The lowest BCUT2D eigenvalue weighted by atomic mass is 10.1. The maximum absolute atomic E-state index is 13.0. The van der Waals surface area contributed by atoms with Crippen molar-refractivity contribution in [3.63, 3.8) is 0 Å². The lowest BCUT2D eigenvalue weighted by molar-refractivity contribution is -0.135. The van der Waals surface area contributed by atoms with Gasteiger partial charge in [0.1, 0.15) is 5.58 Å². The van der Waals surface area contributed by atoms with Gasteiger partial charge >= 0.3 is 23.9 Å². The first-order valence-corrected chi connectivity index (χ1v) is 11.5. The third-order valence-corrected chi connectivity index (χ3v) is 4.04. The second kappa shape index (κ2) is 14.2. The summed E-state index contributed by atoms with van der Waals surface area (Å²) in [5.41, 5.74) is -0.410. The predicted molar refractivity (Wildman–Crippen MR) is 136 cm³/mol. The smallest absolute Gasteiger partial charge is 0.308 e. The van der Waals surface area contributed by atoms with E-state index in [2.05, 4.69) is 0 Å². The zero-order valence-corrected chi connectivity index (χ0v) is 22.0. The third-order valence-electron chi connectivity index (χ3n) is 4.04. The highest BCUT2D eigenvalue weighted by atomic mass is 16.6. The van der Waals surface area contributed by atoms with Gasteiger partial charge in [-0.3, -0.25) is 24.0 Å². The summed E-state index contributed by atoms with van der Waals surface area (Å²) < 4.78 is 26.3. The molecule has 10 heteroatoms. The van der Waals surface area contributed by atoms with Crippen molar-refractivity contribution in [2.45, 2.75) is 55.4 Å². The molecule has 0 bridgehead atoms. The highest BCUT2D eigenvalue weighted by Gasteiger charge is 2.25. The minimum Gasteiger partial charge on any atom is -0.452 e. The summed E-state index contributed by atoms with van der Waals surface area (Å²) in [7, 11) is 0. The molecule has 0 atom stereocenters. The molecule has 0 saturated heterocycles. The number of esters is 4. The molecule has 37 heavy (non-hydrogen) atoms. The van der Waals surface area contributed by atoms with Gasteiger partial charge in [-0.05, 0) is 24.3 Å². The van der Waals surface area contributed by atoms with Crippen molar-refractivity contribution in [3.8, 4) is 34.3 Å². The van der Waals surface area contributed by atoms with E-state index in [1.165, 1.54) is 24.3 Å². The summed E-state index contributed by atoms with van der Waals surface area (Å²) in [6.45, 7) is 12.4. The molecule has 0 N–H and O–H groups in total. The largest absolute Gasteiger partial charge is 0.452 e. The minimum absolute atomic E-state index is 0.0394. The van der Waals surface area contributed by atoms with Gasteiger partial charge in [-0.15, -0.1) is 0 Å². The van der Waals surface area contributed by atoms with Crippen molar-refractivity contribution < 1.29 is 42.5 Å². The van der Waals surface area contributed by atoms with Gasteiger partial charge in [0, 0.05) is 33.3 Å². The average Bonchev–Trinajstić information content (AvgIpc) is 2.84. The Bertz CT molecular complexity index is 1310. The van der Waals surface area contributed by atoms with Gasteiger partial charge < -0.3 is 23.4 Å². The lowest BCUT2D eigenvalue weighted by Crippen LogP contribution is -2.14. The molecule has 0 spiro atoms. The van der Waals surface area contributed by atoms with Crippen LogP contribution in [0.2, 0.25) is 0 Å². The molecule has 10 nitrogen and oxygen atoms in total. The number of carbonyl (C=O) groups is 4. The van der Waals surface area contributed by atoms with Gasteiger partial charge in [-0.25, -0.2) is 0 Å². The van der Waals surface area contributed by atoms with Crippen LogP contribution >= 0.6 is 0 Å². The summed E-state index contributed by atoms with van der Waals surface area (Å²) in [5, 5.41) is 0.162. The van der Waals surface area contributed by atoms with Crippen molar-refractivity contribution in [2.75, 3.05) is 0 Å². The molecular formula is C27H30O10. The Morgan fingerprint density at radius 1 is 0.649 bits per heavy atom. The highest BCUT2D eigenvalue weighted by Crippen LogP contribution is 2.44. The fourth-order valence-corrected chi connectivity index (χ4v) is 2.96.